The maximum atomic E-state index is 13.2. The first-order chi connectivity index (χ1) is 14.6. The predicted octanol–water partition coefficient (Wildman–Crippen LogP) is 4.04. The van der Waals surface area contributed by atoms with Crippen LogP contribution in [0.1, 0.15) is 37.7 Å². The molecule has 3 heterocycles. The van der Waals surface area contributed by atoms with Gasteiger partial charge in [-0.05, 0) is 31.4 Å². The molecule has 0 unspecified atom stereocenters. The van der Waals surface area contributed by atoms with E-state index in [1.165, 1.54) is 12.8 Å². The van der Waals surface area contributed by atoms with Crippen LogP contribution in [0.2, 0.25) is 0 Å². The lowest BCUT2D eigenvalue weighted by molar-refractivity contribution is -0.129. The van der Waals surface area contributed by atoms with Crippen LogP contribution in [0.5, 0.6) is 0 Å². The number of benzene rings is 1. The Morgan fingerprint density at radius 2 is 1.87 bits per heavy atom. The number of fused-ring (bicyclic) bond motifs is 1. The summed E-state index contributed by atoms with van der Waals surface area (Å²) in [6.45, 7) is 2.53. The molecule has 1 atom stereocenters. The number of amides is 2. The van der Waals surface area contributed by atoms with Gasteiger partial charge < -0.3 is 10.2 Å². The smallest absolute Gasteiger partial charge is 0.230 e. The van der Waals surface area contributed by atoms with E-state index in [0.717, 1.165) is 35.3 Å². The van der Waals surface area contributed by atoms with Gasteiger partial charge in [-0.3, -0.25) is 14.0 Å². The summed E-state index contributed by atoms with van der Waals surface area (Å²) < 4.78 is 1.93. The number of carbonyl (C=O) groups is 2. The average Bonchev–Trinajstić information content (AvgIpc) is 3.48. The number of pyridine rings is 1. The molecule has 6 nitrogen and oxygen atoms in total. The largest absolute Gasteiger partial charge is 0.339 e. The van der Waals surface area contributed by atoms with Crippen LogP contribution in [0.25, 0.3) is 16.9 Å². The molecule has 2 aromatic heterocycles. The Morgan fingerprint density at radius 1 is 1.10 bits per heavy atom. The standard InChI is InChI=1S/C24H26N4O2/c1-16-8-7-13-27-22(16)25-21(17-9-3-2-4-10-17)23(27)26-24(30)18-14-20(29)28(15-18)19-11-5-6-12-19/h2-4,7-10,13,18-19H,5-6,11-12,14-15H2,1H3,(H,26,30)/t18-/m1/s1. The number of hydrogen-bond acceptors (Lipinski definition) is 3. The summed E-state index contributed by atoms with van der Waals surface area (Å²) in [7, 11) is 0. The van der Waals surface area contributed by atoms with E-state index in [9.17, 15) is 9.59 Å². The number of hydrogen-bond donors (Lipinski definition) is 1. The van der Waals surface area contributed by atoms with Gasteiger partial charge in [0.05, 0.1) is 5.92 Å². The molecule has 154 valence electrons. The molecule has 1 aliphatic heterocycles. The van der Waals surface area contributed by atoms with Gasteiger partial charge in [0.1, 0.15) is 17.2 Å². The second-order valence-electron chi connectivity index (χ2n) is 8.43. The first-order valence-electron chi connectivity index (χ1n) is 10.8. The first-order valence-corrected chi connectivity index (χ1v) is 10.8. The highest BCUT2D eigenvalue weighted by atomic mass is 16.2. The third-order valence-corrected chi connectivity index (χ3v) is 6.43. The Bertz CT molecular complexity index is 1100. The SMILES string of the molecule is Cc1cccn2c(NC(=O)[C@@H]3CC(=O)N(C4CCCC4)C3)c(-c3ccccc3)nc12. The number of nitrogens with one attached hydrogen (secondary N) is 1. The Labute approximate surface area is 175 Å². The van der Waals surface area contributed by atoms with Gasteiger partial charge in [0.15, 0.2) is 0 Å². The first kappa shape index (κ1) is 18.9. The molecule has 2 fully saturated rings. The minimum atomic E-state index is -0.322. The van der Waals surface area contributed by atoms with E-state index in [1.54, 1.807) is 0 Å². The quantitative estimate of drug-likeness (QED) is 0.716. The van der Waals surface area contributed by atoms with Crippen LogP contribution in [0.3, 0.4) is 0 Å². The van der Waals surface area contributed by atoms with Gasteiger partial charge in [0.2, 0.25) is 11.8 Å². The van der Waals surface area contributed by atoms with Crippen molar-refractivity contribution in [1.82, 2.24) is 14.3 Å². The number of nitrogens with zero attached hydrogens (tertiary/aromatic N) is 3. The summed E-state index contributed by atoms with van der Waals surface area (Å²) in [5, 5.41) is 3.12. The van der Waals surface area contributed by atoms with Crippen LogP contribution in [-0.4, -0.2) is 38.7 Å². The molecule has 1 aliphatic carbocycles. The van der Waals surface area contributed by atoms with Crippen LogP contribution in [0.4, 0.5) is 5.82 Å². The maximum absolute atomic E-state index is 13.2. The number of carbonyl (C=O) groups excluding carboxylic acids is 2. The molecule has 6 heteroatoms. The van der Waals surface area contributed by atoms with Crippen molar-refractivity contribution in [3.63, 3.8) is 0 Å². The van der Waals surface area contributed by atoms with Gasteiger partial charge in [0, 0.05) is 30.8 Å². The number of likely N-dealkylation sites (tertiary alicyclic amines) is 1. The molecule has 1 aromatic carbocycles. The van der Waals surface area contributed by atoms with Gasteiger partial charge in [0.25, 0.3) is 0 Å². The number of aromatic nitrogens is 2. The summed E-state index contributed by atoms with van der Waals surface area (Å²) in [6, 6.07) is 14.2. The number of imidazole rings is 1. The van der Waals surface area contributed by atoms with Crippen LogP contribution in [0.15, 0.2) is 48.7 Å². The summed E-state index contributed by atoms with van der Waals surface area (Å²) in [5.74, 6) is 0.345. The number of anilines is 1. The van der Waals surface area contributed by atoms with Crippen LogP contribution in [-0.2, 0) is 9.59 Å². The minimum Gasteiger partial charge on any atom is -0.339 e. The van der Waals surface area contributed by atoms with Crippen LogP contribution < -0.4 is 5.32 Å². The zero-order valence-corrected chi connectivity index (χ0v) is 17.2. The molecule has 30 heavy (non-hydrogen) atoms. The molecule has 1 saturated heterocycles. The van der Waals surface area contributed by atoms with Gasteiger partial charge in [-0.2, -0.15) is 0 Å². The van der Waals surface area contributed by atoms with Crippen molar-refractivity contribution in [1.29, 1.82) is 0 Å². The second kappa shape index (κ2) is 7.59. The molecule has 1 saturated carbocycles. The van der Waals surface area contributed by atoms with Crippen molar-refractivity contribution in [2.75, 3.05) is 11.9 Å². The average molecular weight is 402 g/mol. The number of aryl methyl sites for hydroxylation is 1. The van der Waals surface area contributed by atoms with Gasteiger partial charge >= 0.3 is 0 Å². The molecule has 0 radical (unpaired) electrons. The van der Waals surface area contributed by atoms with Gasteiger partial charge in [-0.25, -0.2) is 4.98 Å². The van der Waals surface area contributed by atoms with Crippen molar-refractivity contribution in [3.05, 3.63) is 54.2 Å². The Hall–Kier alpha value is -3.15. The van der Waals surface area contributed by atoms with Gasteiger partial charge in [-0.1, -0.05) is 49.2 Å². The van der Waals surface area contributed by atoms with E-state index in [0.29, 0.717) is 24.8 Å². The Balaban J connectivity index is 1.45. The molecule has 3 aromatic rings. The van der Waals surface area contributed by atoms with E-state index < -0.39 is 0 Å². The summed E-state index contributed by atoms with van der Waals surface area (Å²) in [4.78, 5) is 32.5. The van der Waals surface area contributed by atoms with Crippen molar-refractivity contribution < 1.29 is 9.59 Å². The lowest BCUT2D eigenvalue weighted by atomic mass is 10.1. The molecular formula is C24H26N4O2. The normalized spacial score (nSPS) is 19.7. The fourth-order valence-electron chi connectivity index (χ4n) is 4.82. The van der Waals surface area contributed by atoms with Crippen LogP contribution in [0, 0.1) is 12.8 Å². The molecule has 2 aliphatic rings. The molecular weight excluding hydrogens is 376 g/mol. The summed E-state index contributed by atoms with van der Waals surface area (Å²) in [6.07, 6.45) is 6.68. The zero-order chi connectivity index (χ0) is 20.7. The molecule has 2 amide bonds. The fourth-order valence-corrected chi connectivity index (χ4v) is 4.82. The zero-order valence-electron chi connectivity index (χ0n) is 17.2. The Morgan fingerprint density at radius 3 is 2.63 bits per heavy atom. The molecule has 0 bridgehead atoms. The van der Waals surface area contributed by atoms with Crippen molar-refractivity contribution in [2.24, 2.45) is 5.92 Å². The third kappa shape index (κ3) is 3.26. The topological polar surface area (TPSA) is 66.7 Å². The lowest BCUT2D eigenvalue weighted by Crippen LogP contribution is -2.35. The molecule has 5 rings (SSSR count). The van der Waals surface area contributed by atoms with E-state index in [-0.39, 0.29) is 17.7 Å². The minimum absolute atomic E-state index is 0.107. The van der Waals surface area contributed by atoms with E-state index >= 15 is 0 Å². The Kier molecular flexibility index (Phi) is 4.77. The monoisotopic (exact) mass is 402 g/mol. The van der Waals surface area contributed by atoms with E-state index in [4.69, 9.17) is 4.98 Å². The fraction of sp³-hybridized carbons (Fsp3) is 0.375. The second-order valence-corrected chi connectivity index (χ2v) is 8.43. The van der Waals surface area contributed by atoms with Crippen molar-refractivity contribution >= 4 is 23.3 Å². The third-order valence-electron chi connectivity index (χ3n) is 6.43. The number of rotatable bonds is 4. The maximum Gasteiger partial charge on any atom is 0.230 e. The van der Waals surface area contributed by atoms with Crippen molar-refractivity contribution in [2.45, 2.75) is 45.1 Å². The molecule has 1 N–H and O–H groups in total. The van der Waals surface area contributed by atoms with Crippen molar-refractivity contribution in [3.8, 4) is 11.3 Å². The highest BCUT2D eigenvalue weighted by Crippen LogP contribution is 2.33. The summed E-state index contributed by atoms with van der Waals surface area (Å²) in [5.41, 5.74) is 3.56. The van der Waals surface area contributed by atoms with Gasteiger partial charge in [-0.15, -0.1) is 0 Å². The van der Waals surface area contributed by atoms with E-state index in [2.05, 4.69) is 5.32 Å². The van der Waals surface area contributed by atoms with E-state index in [1.807, 2.05) is 64.9 Å². The predicted molar refractivity (Wildman–Crippen MR) is 116 cm³/mol. The molecule has 0 spiro atoms. The van der Waals surface area contributed by atoms with Crippen LogP contribution >= 0.6 is 0 Å². The summed E-state index contributed by atoms with van der Waals surface area (Å²) >= 11 is 0. The lowest BCUT2D eigenvalue weighted by Gasteiger charge is -2.23. The highest BCUT2D eigenvalue weighted by molar-refractivity contribution is 5.99. The highest BCUT2D eigenvalue weighted by Gasteiger charge is 2.39.